The smallest absolute Gasteiger partial charge is 0.319 e. The summed E-state index contributed by atoms with van der Waals surface area (Å²) in [4.78, 5) is 45.8. The third-order valence-corrected chi connectivity index (χ3v) is 6.31. The monoisotopic (exact) mass is 399 g/mol. The summed E-state index contributed by atoms with van der Waals surface area (Å²) in [7, 11) is 3.50. The lowest BCUT2D eigenvalue weighted by atomic mass is 9.89. The van der Waals surface area contributed by atoms with Gasteiger partial charge < -0.3 is 15.1 Å². The molecule has 0 unspecified atom stereocenters. The molecule has 1 aromatic rings. The lowest BCUT2D eigenvalue weighted by molar-refractivity contribution is -0.128. The van der Waals surface area contributed by atoms with Gasteiger partial charge in [0.1, 0.15) is 5.54 Å². The molecule has 4 amide bonds. The number of nitrogens with one attached hydrogen (secondary N) is 1. The molecule has 3 aliphatic rings. The fourth-order valence-corrected chi connectivity index (χ4v) is 4.77. The molecule has 29 heavy (non-hydrogen) atoms. The van der Waals surface area contributed by atoms with Gasteiger partial charge in [0, 0.05) is 40.3 Å². The van der Waals surface area contributed by atoms with Crippen LogP contribution in [0.1, 0.15) is 25.7 Å². The van der Waals surface area contributed by atoms with Gasteiger partial charge in [0.05, 0.1) is 17.9 Å². The molecule has 0 aromatic heterocycles. The SMILES string of the molecule is CN(C)C(=O)N1CCN(CC(=O)N2c3ccccc3NC(=O)C23CCCC3)CC1. The molecule has 1 aliphatic carbocycles. The van der Waals surface area contributed by atoms with Crippen LogP contribution >= 0.6 is 0 Å². The Balaban J connectivity index is 1.51. The molecule has 1 aromatic carbocycles. The Morgan fingerprint density at radius 1 is 1.07 bits per heavy atom. The van der Waals surface area contributed by atoms with Gasteiger partial charge in [-0.05, 0) is 25.0 Å². The Bertz CT molecular complexity index is 810. The Morgan fingerprint density at radius 2 is 1.72 bits per heavy atom. The first-order valence-electron chi connectivity index (χ1n) is 10.3. The van der Waals surface area contributed by atoms with Crippen LogP contribution in [0.5, 0.6) is 0 Å². The van der Waals surface area contributed by atoms with Gasteiger partial charge in [0.2, 0.25) is 5.91 Å². The van der Waals surface area contributed by atoms with Gasteiger partial charge >= 0.3 is 6.03 Å². The molecule has 1 N–H and O–H groups in total. The molecule has 4 rings (SSSR count). The van der Waals surface area contributed by atoms with Crippen molar-refractivity contribution in [3.8, 4) is 0 Å². The highest BCUT2D eigenvalue weighted by atomic mass is 16.2. The molecule has 8 nitrogen and oxygen atoms in total. The van der Waals surface area contributed by atoms with Gasteiger partial charge in [0.25, 0.3) is 5.91 Å². The molecule has 8 heteroatoms. The quantitative estimate of drug-likeness (QED) is 0.819. The summed E-state index contributed by atoms with van der Waals surface area (Å²) in [6.45, 7) is 2.77. The van der Waals surface area contributed by atoms with E-state index in [1.165, 1.54) is 0 Å². The maximum atomic E-state index is 13.5. The van der Waals surface area contributed by atoms with Crippen molar-refractivity contribution in [2.24, 2.45) is 0 Å². The minimum Gasteiger partial charge on any atom is -0.331 e. The van der Waals surface area contributed by atoms with Crippen molar-refractivity contribution in [2.45, 2.75) is 31.2 Å². The molecule has 156 valence electrons. The van der Waals surface area contributed by atoms with E-state index in [-0.39, 0.29) is 24.4 Å². The highest BCUT2D eigenvalue weighted by molar-refractivity contribution is 6.15. The minimum atomic E-state index is -0.770. The molecule has 1 spiro atoms. The Morgan fingerprint density at radius 3 is 2.38 bits per heavy atom. The van der Waals surface area contributed by atoms with Crippen LogP contribution < -0.4 is 10.2 Å². The second-order valence-electron chi connectivity index (χ2n) is 8.38. The van der Waals surface area contributed by atoms with Crippen LogP contribution in [0.4, 0.5) is 16.2 Å². The van der Waals surface area contributed by atoms with Crippen molar-refractivity contribution in [1.82, 2.24) is 14.7 Å². The van der Waals surface area contributed by atoms with E-state index in [1.807, 2.05) is 29.2 Å². The van der Waals surface area contributed by atoms with Gasteiger partial charge in [-0.25, -0.2) is 4.79 Å². The van der Waals surface area contributed by atoms with Gasteiger partial charge in [-0.2, -0.15) is 0 Å². The van der Waals surface area contributed by atoms with E-state index in [1.54, 1.807) is 23.9 Å². The van der Waals surface area contributed by atoms with Crippen molar-refractivity contribution in [2.75, 3.05) is 57.0 Å². The number of para-hydroxylation sites is 2. The molecule has 0 atom stereocenters. The van der Waals surface area contributed by atoms with Crippen molar-refractivity contribution in [1.29, 1.82) is 0 Å². The number of amides is 4. The number of anilines is 2. The van der Waals surface area contributed by atoms with Gasteiger partial charge in [-0.3, -0.25) is 19.4 Å². The third-order valence-electron chi connectivity index (χ3n) is 6.31. The second kappa shape index (κ2) is 7.67. The molecule has 2 aliphatic heterocycles. The van der Waals surface area contributed by atoms with E-state index >= 15 is 0 Å². The van der Waals surface area contributed by atoms with E-state index in [0.29, 0.717) is 44.7 Å². The highest BCUT2D eigenvalue weighted by Gasteiger charge is 2.52. The summed E-state index contributed by atoms with van der Waals surface area (Å²) < 4.78 is 0. The van der Waals surface area contributed by atoms with E-state index in [2.05, 4.69) is 10.2 Å². The normalized spacial score (nSPS) is 21.1. The number of nitrogens with zero attached hydrogens (tertiary/aromatic N) is 4. The third kappa shape index (κ3) is 3.46. The summed E-state index contributed by atoms with van der Waals surface area (Å²) in [6, 6.07) is 7.55. The largest absolute Gasteiger partial charge is 0.331 e. The van der Waals surface area contributed by atoms with Gasteiger partial charge in [-0.1, -0.05) is 25.0 Å². The Hall–Kier alpha value is -2.61. The van der Waals surface area contributed by atoms with Crippen LogP contribution in [-0.4, -0.2) is 84.9 Å². The van der Waals surface area contributed by atoms with Crippen molar-refractivity contribution < 1.29 is 14.4 Å². The van der Waals surface area contributed by atoms with Gasteiger partial charge in [-0.15, -0.1) is 0 Å². The van der Waals surface area contributed by atoms with Gasteiger partial charge in [0.15, 0.2) is 0 Å². The van der Waals surface area contributed by atoms with E-state index < -0.39 is 5.54 Å². The first kappa shape index (κ1) is 19.7. The topological polar surface area (TPSA) is 76.2 Å². The minimum absolute atomic E-state index is 0.00233. The number of benzene rings is 1. The molecule has 1 saturated carbocycles. The zero-order valence-corrected chi connectivity index (χ0v) is 17.2. The second-order valence-corrected chi connectivity index (χ2v) is 8.38. The molecular formula is C21H29N5O3. The zero-order chi connectivity index (χ0) is 20.6. The average molecular weight is 399 g/mol. The molecule has 0 bridgehead atoms. The maximum absolute atomic E-state index is 13.5. The molecule has 2 heterocycles. The summed E-state index contributed by atoms with van der Waals surface area (Å²) in [6.07, 6.45) is 3.30. The van der Waals surface area contributed by atoms with Crippen molar-refractivity contribution in [3.05, 3.63) is 24.3 Å². The van der Waals surface area contributed by atoms with E-state index in [0.717, 1.165) is 18.5 Å². The van der Waals surface area contributed by atoms with Crippen LogP contribution in [0.15, 0.2) is 24.3 Å². The van der Waals surface area contributed by atoms with Crippen molar-refractivity contribution in [3.63, 3.8) is 0 Å². The number of hydrogen-bond donors (Lipinski definition) is 1. The Kier molecular flexibility index (Phi) is 5.21. The number of rotatable bonds is 2. The predicted octanol–water partition coefficient (Wildman–Crippen LogP) is 1.58. The Labute approximate surface area is 171 Å². The van der Waals surface area contributed by atoms with E-state index in [4.69, 9.17) is 0 Å². The van der Waals surface area contributed by atoms with Crippen LogP contribution in [0, 0.1) is 0 Å². The zero-order valence-electron chi connectivity index (χ0n) is 17.2. The predicted molar refractivity (Wildman–Crippen MR) is 111 cm³/mol. The fraction of sp³-hybridized carbons (Fsp3) is 0.571. The number of carbonyl (C=O) groups excluding carboxylic acids is 3. The summed E-state index contributed by atoms with van der Waals surface area (Å²) in [5.74, 6) is -0.106. The first-order valence-corrected chi connectivity index (χ1v) is 10.3. The molecule has 2 fully saturated rings. The van der Waals surface area contributed by atoms with Crippen LogP contribution in [0.25, 0.3) is 0 Å². The number of carbonyl (C=O) groups is 3. The fourth-order valence-electron chi connectivity index (χ4n) is 4.77. The highest BCUT2D eigenvalue weighted by Crippen LogP contribution is 2.45. The lowest BCUT2D eigenvalue weighted by Gasteiger charge is -2.45. The standard InChI is InChI=1S/C21H29N5O3/c1-23(2)20(29)25-13-11-24(12-14-25)15-18(27)26-17-8-4-3-7-16(17)22-19(28)21(26)9-5-6-10-21/h3-4,7-8H,5-6,9-15H2,1-2H3,(H,22,28). The molecule has 0 radical (unpaired) electrons. The van der Waals surface area contributed by atoms with Crippen molar-refractivity contribution >= 4 is 29.2 Å². The average Bonchev–Trinajstić information content (AvgIpc) is 3.19. The van der Waals surface area contributed by atoms with E-state index in [9.17, 15) is 14.4 Å². The summed E-state index contributed by atoms with van der Waals surface area (Å²) in [5.41, 5.74) is 0.721. The van der Waals surface area contributed by atoms with Crippen LogP contribution in [-0.2, 0) is 9.59 Å². The summed E-state index contributed by atoms with van der Waals surface area (Å²) >= 11 is 0. The lowest BCUT2D eigenvalue weighted by Crippen LogP contribution is -2.63. The maximum Gasteiger partial charge on any atom is 0.319 e. The van der Waals surface area contributed by atoms with Crippen LogP contribution in [0.2, 0.25) is 0 Å². The van der Waals surface area contributed by atoms with Crippen LogP contribution in [0.3, 0.4) is 0 Å². The molecule has 1 saturated heterocycles. The number of piperazine rings is 1. The summed E-state index contributed by atoms with van der Waals surface area (Å²) in [5, 5.41) is 3.01. The number of urea groups is 1. The first-order chi connectivity index (χ1) is 13.9. The molecular weight excluding hydrogens is 370 g/mol. The number of fused-ring (bicyclic) bond motifs is 1. The number of hydrogen-bond acceptors (Lipinski definition) is 4.